The Morgan fingerprint density at radius 2 is 1.94 bits per heavy atom. The zero-order chi connectivity index (χ0) is 13.4. The third kappa shape index (κ3) is 4.30. The third-order valence-corrected chi connectivity index (χ3v) is 3.74. The van der Waals surface area contributed by atoms with E-state index in [0.717, 1.165) is 32.5 Å². The molecule has 0 spiro atoms. The maximum absolute atomic E-state index is 12.4. The van der Waals surface area contributed by atoms with Gasteiger partial charge in [-0.1, -0.05) is 19.8 Å². The third-order valence-electron chi connectivity index (χ3n) is 3.74. The van der Waals surface area contributed by atoms with Crippen LogP contribution in [0.2, 0.25) is 0 Å². The smallest absolute Gasteiger partial charge is 0.239 e. The highest BCUT2D eigenvalue weighted by atomic mass is 16.2. The summed E-state index contributed by atoms with van der Waals surface area (Å²) in [5.41, 5.74) is 0. The summed E-state index contributed by atoms with van der Waals surface area (Å²) in [7, 11) is 0. The predicted octanol–water partition coefficient (Wildman–Crippen LogP) is 2.01. The van der Waals surface area contributed by atoms with Crippen molar-refractivity contribution in [3.8, 4) is 6.07 Å². The summed E-state index contributed by atoms with van der Waals surface area (Å²) < 4.78 is 0. The molecule has 0 bridgehead atoms. The standard InChI is InChI=1S/C14H25N3O/c1-3-16(12-8-9-15)13(2)14(18)17-10-6-4-5-7-11-17/h13H,3-8,10-12H2,1-2H3. The number of nitriles is 1. The van der Waals surface area contributed by atoms with Crippen molar-refractivity contribution in [2.24, 2.45) is 0 Å². The van der Waals surface area contributed by atoms with Gasteiger partial charge in [-0.15, -0.1) is 0 Å². The molecule has 1 rings (SSSR count). The van der Waals surface area contributed by atoms with Crippen LogP contribution in [0.3, 0.4) is 0 Å². The van der Waals surface area contributed by atoms with Crippen LogP contribution in [-0.2, 0) is 4.79 Å². The van der Waals surface area contributed by atoms with E-state index in [2.05, 4.69) is 11.0 Å². The van der Waals surface area contributed by atoms with Crippen molar-refractivity contribution in [1.82, 2.24) is 9.80 Å². The van der Waals surface area contributed by atoms with E-state index in [-0.39, 0.29) is 11.9 Å². The number of amides is 1. The van der Waals surface area contributed by atoms with Crippen molar-refractivity contribution in [1.29, 1.82) is 5.26 Å². The summed E-state index contributed by atoms with van der Waals surface area (Å²) >= 11 is 0. The molecule has 4 nitrogen and oxygen atoms in total. The van der Waals surface area contributed by atoms with Gasteiger partial charge in [0.05, 0.1) is 12.1 Å². The highest BCUT2D eigenvalue weighted by Gasteiger charge is 2.25. The lowest BCUT2D eigenvalue weighted by atomic mass is 10.2. The van der Waals surface area contributed by atoms with Crippen LogP contribution in [0.1, 0.15) is 46.0 Å². The van der Waals surface area contributed by atoms with Crippen LogP contribution in [0.25, 0.3) is 0 Å². The lowest BCUT2D eigenvalue weighted by Gasteiger charge is -2.31. The average molecular weight is 251 g/mol. The number of hydrogen-bond donors (Lipinski definition) is 0. The molecule has 0 saturated carbocycles. The Kier molecular flexibility index (Phi) is 6.74. The Bertz CT molecular complexity index is 290. The van der Waals surface area contributed by atoms with Crippen molar-refractivity contribution >= 4 is 5.91 Å². The molecule has 0 aromatic rings. The molecule has 4 heteroatoms. The van der Waals surface area contributed by atoms with Gasteiger partial charge in [-0.05, 0) is 26.3 Å². The Labute approximate surface area is 111 Å². The summed E-state index contributed by atoms with van der Waals surface area (Å²) in [6.45, 7) is 7.33. The number of carbonyl (C=O) groups is 1. The summed E-state index contributed by atoms with van der Waals surface area (Å²) in [6.07, 6.45) is 5.23. The summed E-state index contributed by atoms with van der Waals surface area (Å²) in [6, 6.07) is 2.05. The lowest BCUT2D eigenvalue weighted by molar-refractivity contribution is -0.136. The van der Waals surface area contributed by atoms with Crippen LogP contribution >= 0.6 is 0 Å². The first-order chi connectivity index (χ1) is 8.70. The molecule has 0 radical (unpaired) electrons. The Morgan fingerprint density at radius 3 is 2.44 bits per heavy atom. The van der Waals surface area contributed by atoms with E-state index in [0.29, 0.717) is 13.0 Å². The second-order valence-corrected chi connectivity index (χ2v) is 4.95. The van der Waals surface area contributed by atoms with E-state index in [1.165, 1.54) is 12.8 Å². The quantitative estimate of drug-likeness (QED) is 0.751. The molecule has 1 aliphatic heterocycles. The van der Waals surface area contributed by atoms with Crippen molar-refractivity contribution in [2.75, 3.05) is 26.2 Å². The van der Waals surface area contributed by atoms with E-state index in [4.69, 9.17) is 5.26 Å². The number of carbonyl (C=O) groups excluding carboxylic acids is 1. The van der Waals surface area contributed by atoms with Crippen LogP contribution in [-0.4, -0.2) is 47.9 Å². The van der Waals surface area contributed by atoms with Gasteiger partial charge in [0, 0.05) is 26.1 Å². The summed E-state index contributed by atoms with van der Waals surface area (Å²) in [5, 5.41) is 8.64. The first-order valence-electron chi connectivity index (χ1n) is 7.10. The number of hydrogen-bond acceptors (Lipinski definition) is 3. The fourth-order valence-electron chi connectivity index (χ4n) is 2.53. The fraction of sp³-hybridized carbons (Fsp3) is 0.857. The minimum Gasteiger partial charge on any atom is -0.341 e. The van der Waals surface area contributed by atoms with E-state index < -0.39 is 0 Å². The van der Waals surface area contributed by atoms with Crippen LogP contribution in [0, 0.1) is 11.3 Å². The molecule has 0 aromatic heterocycles. The summed E-state index contributed by atoms with van der Waals surface area (Å²) in [5.74, 6) is 0.233. The van der Waals surface area contributed by atoms with E-state index in [1.54, 1.807) is 0 Å². The van der Waals surface area contributed by atoms with Crippen LogP contribution in [0.15, 0.2) is 0 Å². The molecule has 1 fully saturated rings. The predicted molar refractivity (Wildman–Crippen MR) is 72.0 cm³/mol. The number of likely N-dealkylation sites (tertiary alicyclic amines) is 1. The van der Waals surface area contributed by atoms with E-state index in [9.17, 15) is 4.79 Å². The zero-order valence-electron chi connectivity index (χ0n) is 11.7. The molecule has 1 atom stereocenters. The monoisotopic (exact) mass is 251 g/mol. The van der Waals surface area contributed by atoms with Gasteiger partial charge in [0.15, 0.2) is 0 Å². The lowest BCUT2D eigenvalue weighted by Crippen LogP contribution is -2.47. The van der Waals surface area contributed by atoms with Gasteiger partial charge in [-0.3, -0.25) is 9.69 Å². The van der Waals surface area contributed by atoms with Gasteiger partial charge < -0.3 is 4.90 Å². The molecule has 1 heterocycles. The molecule has 0 aromatic carbocycles. The number of likely N-dealkylation sites (N-methyl/N-ethyl adjacent to an activating group) is 1. The van der Waals surface area contributed by atoms with Crippen LogP contribution in [0.5, 0.6) is 0 Å². The van der Waals surface area contributed by atoms with Gasteiger partial charge in [0.1, 0.15) is 0 Å². The summed E-state index contributed by atoms with van der Waals surface area (Å²) in [4.78, 5) is 16.5. The molecule has 0 aliphatic carbocycles. The first kappa shape index (κ1) is 15.0. The SMILES string of the molecule is CCN(CCC#N)C(C)C(=O)N1CCCCCC1. The van der Waals surface area contributed by atoms with Crippen molar-refractivity contribution < 1.29 is 4.79 Å². The highest BCUT2D eigenvalue weighted by Crippen LogP contribution is 2.13. The van der Waals surface area contributed by atoms with Gasteiger partial charge in [-0.25, -0.2) is 0 Å². The average Bonchev–Trinajstić information content (AvgIpc) is 2.67. The molecule has 18 heavy (non-hydrogen) atoms. The van der Waals surface area contributed by atoms with Crippen LogP contribution in [0.4, 0.5) is 0 Å². The molecule has 1 aliphatic rings. The van der Waals surface area contributed by atoms with Gasteiger partial charge >= 0.3 is 0 Å². The van der Waals surface area contributed by atoms with Crippen molar-refractivity contribution in [2.45, 2.75) is 52.0 Å². The molecular weight excluding hydrogens is 226 g/mol. The molecule has 1 amide bonds. The molecule has 1 saturated heterocycles. The first-order valence-corrected chi connectivity index (χ1v) is 7.10. The number of rotatable bonds is 5. The molecular formula is C14H25N3O. The molecule has 0 N–H and O–H groups in total. The van der Waals surface area contributed by atoms with E-state index >= 15 is 0 Å². The Hall–Kier alpha value is -1.08. The Balaban J connectivity index is 2.54. The van der Waals surface area contributed by atoms with Gasteiger partial charge in [-0.2, -0.15) is 5.26 Å². The van der Waals surface area contributed by atoms with Gasteiger partial charge in [0.25, 0.3) is 0 Å². The number of nitrogens with zero attached hydrogens (tertiary/aromatic N) is 3. The van der Waals surface area contributed by atoms with Crippen LogP contribution < -0.4 is 0 Å². The second kappa shape index (κ2) is 8.10. The van der Waals surface area contributed by atoms with Crippen molar-refractivity contribution in [3.05, 3.63) is 0 Å². The second-order valence-electron chi connectivity index (χ2n) is 4.95. The van der Waals surface area contributed by atoms with Gasteiger partial charge in [0.2, 0.25) is 5.91 Å². The highest BCUT2D eigenvalue weighted by molar-refractivity contribution is 5.81. The maximum atomic E-state index is 12.4. The van der Waals surface area contributed by atoms with E-state index in [1.807, 2.05) is 18.7 Å². The minimum absolute atomic E-state index is 0.0959. The largest absolute Gasteiger partial charge is 0.341 e. The topological polar surface area (TPSA) is 47.3 Å². The van der Waals surface area contributed by atoms with Crippen molar-refractivity contribution in [3.63, 3.8) is 0 Å². The zero-order valence-corrected chi connectivity index (χ0v) is 11.7. The fourth-order valence-corrected chi connectivity index (χ4v) is 2.53. The Morgan fingerprint density at radius 1 is 1.33 bits per heavy atom. The molecule has 1 unspecified atom stereocenters. The minimum atomic E-state index is -0.0959. The maximum Gasteiger partial charge on any atom is 0.239 e. The molecule has 102 valence electrons. The normalized spacial score (nSPS) is 18.2.